The number of para-hydroxylation sites is 2. The SMILES string of the molecule is Cc1cc(/C=C(/CC[C@@H](O)C2=C(COc3ccccc3)C[C@H]3C(=O)N(c4ccccc4)C(=O)[C@H]3[C@H]2CO)c2ccccc2)cc(C)c1O. The molecule has 2 amide bonds. The summed E-state index contributed by atoms with van der Waals surface area (Å²) in [5.41, 5.74) is 6.32. The highest BCUT2D eigenvalue weighted by atomic mass is 16.5. The molecule has 1 aliphatic carbocycles. The lowest BCUT2D eigenvalue weighted by molar-refractivity contribution is -0.123. The van der Waals surface area contributed by atoms with Gasteiger partial charge in [-0.2, -0.15) is 0 Å². The fourth-order valence-corrected chi connectivity index (χ4v) is 7.28. The molecule has 1 aliphatic heterocycles. The van der Waals surface area contributed by atoms with Gasteiger partial charge < -0.3 is 20.1 Å². The van der Waals surface area contributed by atoms with Crippen LogP contribution >= 0.6 is 0 Å². The maximum atomic E-state index is 13.9. The van der Waals surface area contributed by atoms with E-state index in [1.54, 1.807) is 24.3 Å². The zero-order valence-corrected chi connectivity index (χ0v) is 27.3. The van der Waals surface area contributed by atoms with E-state index in [9.17, 15) is 24.9 Å². The summed E-state index contributed by atoms with van der Waals surface area (Å²) in [5, 5.41) is 33.2. The Morgan fingerprint density at radius 2 is 1.50 bits per heavy atom. The van der Waals surface area contributed by atoms with E-state index in [4.69, 9.17) is 4.74 Å². The molecule has 1 fully saturated rings. The molecule has 7 heteroatoms. The number of allylic oxidation sites excluding steroid dienone is 1. The maximum absolute atomic E-state index is 13.9. The first-order valence-electron chi connectivity index (χ1n) is 16.4. The number of phenolic OH excluding ortho intramolecular Hbond substituents is 1. The molecular formula is C41H41NO6. The summed E-state index contributed by atoms with van der Waals surface area (Å²) in [6, 6.07) is 32.0. The van der Waals surface area contributed by atoms with Crippen LogP contribution in [-0.4, -0.2) is 46.5 Å². The van der Waals surface area contributed by atoms with Crippen LogP contribution in [0.5, 0.6) is 11.5 Å². The van der Waals surface area contributed by atoms with Crippen molar-refractivity contribution in [3.05, 3.63) is 137 Å². The van der Waals surface area contributed by atoms with E-state index in [1.807, 2.05) is 92.7 Å². The lowest BCUT2D eigenvalue weighted by atomic mass is 9.68. The van der Waals surface area contributed by atoms with Gasteiger partial charge in [-0.05, 0) is 108 Å². The summed E-state index contributed by atoms with van der Waals surface area (Å²) >= 11 is 0. The third-order valence-electron chi connectivity index (χ3n) is 9.60. The number of carbonyl (C=O) groups excluding carboxylic acids is 2. The molecule has 4 atom stereocenters. The van der Waals surface area contributed by atoms with Crippen LogP contribution in [0, 0.1) is 31.6 Å². The highest BCUT2D eigenvalue weighted by Crippen LogP contribution is 2.47. The first-order valence-corrected chi connectivity index (χ1v) is 16.4. The molecule has 0 aromatic heterocycles. The Hall–Kier alpha value is -4.98. The number of aliphatic hydroxyl groups is 2. The first-order chi connectivity index (χ1) is 23.3. The van der Waals surface area contributed by atoms with Gasteiger partial charge in [-0.3, -0.25) is 14.5 Å². The Kier molecular flexibility index (Phi) is 9.90. The van der Waals surface area contributed by atoms with Gasteiger partial charge in [0.15, 0.2) is 0 Å². The highest BCUT2D eigenvalue weighted by molar-refractivity contribution is 6.22. The van der Waals surface area contributed by atoms with E-state index in [-0.39, 0.29) is 30.6 Å². The third kappa shape index (κ3) is 6.70. The van der Waals surface area contributed by atoms with Crippen molar-refractivity contribution in [1.82, 2.24) is 0 Å². The number of aromatic hydroxyl groups is 1. The summed E-state index contributed by atoms with van der Waals surface area (Å²) in [7, 11) is 0. The van der Waals surface area contributed by atoms with E-state index in [0.29, 0.717) is 29.9 Å². The van der Waals surface area contributed by atoms with Crippen molar-refractivity contribution in [3.63, 3.8) is 0 Å². The minimum atomic E-state index is -0.999. The predicted molar refractivity (Wildman–Crippen MR) is 187 cm³/mol. The zero-order chi connectivity index (χ0) is 33.8. The van der Waals surface area contributed by atoms with Crippen molar-refractivity contribution in [1.29, 1.82) is 0 Å². The number of carbonyl (C=O) groups is 2. The zero-order valence-electron chi connectivity index (χ0n) is 27.3. The second-order valence-corrected chi connectivity index (χ2v) is 12.7. The molecule has 1 saturated heterocycles. The minimum absolute atomic E-state index is 0.121. The number of aliphatic hydroxyl groups excluding tert-OH is 2. The van der Waals surface area contributed by atoms with Gasteiger partial charge in [-0.1, -0.05) is 72.8 Å². The van der Waals surface area contributed by atoms with Gasteiger partial charge in [0, 0.05) is 5.92 Å². The number of hydrogen-bond donors (Lipinski definition) is 3. The molecule has 7 nitrogen and oxygen atoms in total. The summed E-state index contributed by atoms with van der Waals surface area (Å²) in [6.07, 6.45) is 2.14. The monoisotopic (exact) mass is 643 g/mol. The Labute approximate surface area is 281 Å². The molecule has 6 rings (SSSR count). The number of nitrogens with zero attached hydrogens (tertiary/aromatic N) is 1. The van der Waals surface area contributed by atoms with Crippen LogP contribution in [0.25, 0.3) is 11.6 Å². The largest absolute Gasteiger partial charge is 0.507 e. The predicted octanol–water partition coefficient (Wildman–Crippen LogP) is 6.88. The molecule has 4 aromatic rings. The van der Waals surface area contributed by atoms with Crippen LogP contribution in [0.3, 0.4) is 0 Å². The molecule has 0 bridgehead atoms. The molecule has 0 spiro atoms. The quantitative estimate of drug-likeness (QED) is 0.0934. The smallest absolute Gasteiger partial charge is 0.238 e. The van der Waals surface area contributed by atoms with Crippen LogP contribution in [-0.2, 0) is 9.59 Å². The van der Waals surface area contributed by atoms with Gasteiger partial charge in [0.1, 0.15) is 18.1 Å². The maximum Gasteiger partial charge on any atom is 0.238 e. The molecule has 0 saturated carbocycles. The van der Waals surface area contributed by atoms with Crippen LogP contribution in [0.4, 0.5) is 5.69 Å². The number of amides is 2. The second-order valence-electron chi connectivity index (χ2n) is 12.7. The van der Waals surface area contributed by atoms with Gasteiger partial charge in [0.2, 0.25) is 11.8 Å². The fraction of sp³-hybridized carbons (Fsp3) is 0.268. The molecule has 1 heterocycles. The number of rotatable bonds is 11. The fourth-order valence-electron chi connectivity index (χ4n) is 7.28. The Balaban J connectivity index is 1.34. The van der Waals surface area contributed by atoms with E-state index >= 15 is 0 Å². The standard InChI is InChI=1S/C41H41NO6/c1-26-20-28(21-27(2)39(26)45)22-30(29-12-6-3-7-13-29)18-19-36(44)37-31(25-48-33-16-10-5-11-17-33)23-34-38(35(37)24-43)41(47)42(40(34)46)32-14-8-4-9-15-32/h3-17,20-22,34-36,38,43-45H,18-19,23-25H2,1-2H3/b30-22-/t34-,35+,36-,38-/m1/s1. The topological polar surface area (TPSA) is 107 Å². The van der Waals surface area contributed by atoms with Gasteiger partial charge >= 0.3 is 0 Å². The van der Waals surface area contributed by atoms with Crippen molar-refractivity contribution in [2.75, 3.05) is 18.1 Å². The molecule has 0 unspecified atom stereocenters. The normalized spacial score (nSPS) is 20.2. The Bertz CT molecular complexity index is 1810. The van der Waals surface area contributed by atoms with E-state index in [2.05, 4.69) is 6.08 Å². The van der Waals surface area contributed by atoms with Crippen LogP contribution < -0.4 is 9.64 Å². The molecule has 2 aliphatic rings. The molecule has 0 radical (unpaired) electrons. The van der Waals surface area contributed by atoms with Crippen molar-refractivity contribution in [2.45, 2.75) is 39.2 Å². The average molecular weight is 644 g/mol. The second kappa shape index (κ2) is 14.4. The van der Waals surface area contributed by atoms with Crippen molar-refractivity contribution < 1.29 is 29.6 Å². The van der Waals surface area contributed by atoms with Crippen LogP contribution in [0.2, 0.25) is 0 Å². The van der Waals surface area contributed by atoms with E-state index in [1.165, 1.54) is 4.90 Å². The summed E-state index contributed by atoms with van der Waals surface area (Å²) in [4.78, 5) is 29.0. The summed E-state index contributed by atoms with van der Waals surface area (Å²) in [6.45, 7) is 3.47. The molecule has 246 valence electrons. The number of fused-ring (bicyclic) bond motifs is 1. The number of hydrogen-bond acceptors (Lipinski definition) is 6. The summed E-state index contributed by atoms with van der Waals surface area (Å²) in [5.74, 6) is -1.93. The van der Waals surface area contributed by atoms with Gasteiger partial charge in [-0.25, -0.2) is 0 Å². The number of benzene rings is 4. The molecule has 4 aromatic carbocycles. The molecular weight excluding hydrogens is 602 g/mol. The van der Waals surface area contributed by atoms with Crippen LogP contribution in [0.15, 0.2) is 114 Å². The van der Waals surface area contributed by atoms with Gasteiger partial charge in [-0.15, -0.1) is 0 Å². The average Bonchev–Trinajstić information content (AvgIpc) is 3.36. The first kappa shape index (κ1) is 32.9. The lowest BCUT2D eigenvalue weighted by Crippen LogP contribution is -2.40. The molecule has 3 N–H and O–H groups in total. The lowest BCUT2D eigenvalue weighted by Gasteiger charge is -2.36. The Morgan fingerprint density at radius 1 is 0.896 bits per heavy atom. The van der Waals surface area contributed by atoms with Crippen molar-refractivity contribution in [3.8, 4) is 11.5 Å². The number of anilines is 1. The van der Waals surface area contributed by atoms with Crippen LogP contribution in [0.1, 0.15) is 41.5 Å². The number of phenols is 1. The van der Waals surface area contributed by atoms with Crippen molar-refractivity contribution in [2.24, 2.45) is 17.8 Å². The van der Waals surface area contributed by atoms with Gasteiger partial charge in [0.05, 0.1) is 30.2 Å². The number of imide groups is 1. The highest BCUT2D eigenvalue weighted by Gasteiger charge is 2.55. The summed E-state index contributed by atoms with van der Waals surface area (Å²) < 4.78 is 6.15. The molecule has 48 heavy (non-hydrogen) atoms. The minimum Gasteiger partial charge on any atom is -0.507 e. The third-order valence-corrected chi connectivity index (χ3v) is 9.60. The van der Waals surface area contributed by atoms with Gasteiger partial charge in [0.25, 0.3) is 0 Å². The Morgan fingerprint density at radius 3 is 2.12 bits per heavy atom. The number of aryl methyl sites for hydroxylation is 2. The van der Waals surface area contributed by atoms with E-state index in [0.717, 1.165) is 33.4 Å². The van der Waals surface area contributed by atoms with Crippen molar-refractivity contribution >= 4 is 29.2 Å². The number of ether oxygens (including phenoxy) is 1. The van der Waals surface area contributed by atoms with E-state index < -0.39 is 30.5 Å².